The van der Waals surface area contributed by atoms with Crippen LogP contribution in [0.5, 0.6) is 5.75 Å². The molecule has 2 nitrogen and oxygen atoms in total. The van der Waals surface area contributed by atoms with Crippen LogP contribution in [0.4, 0.5) is 0 Å². The van der Waals surface area contributed by atoms with Gasteiger partial charge in [-0.1, -0.05) is 18.2 Å². The van der Waals surface area contributed by atoms with Gasteiger partial charge in [0.15, 0.2) is 0 Å². The second-order valence-corrected chi connectivity index (χ2v) is 3.42. The average Bonchev–Trinajstić information content (AvgIpc) is 2.15. The molecule has 0 heterocycles. The zero-order valence-corrected chi connectivity index (χ0v) is 8.58. The predicted octanol–water partition coefficient (Wildman–Crippen LogP) is 2.85. The minimum Gasteiger partial charge on any atom is -0.507 e. The zero-order valence-electron chi connectivity index (χ0n) is 8.58. The van der Waals surface area contributed by atoms with Crippen LogP contribution in [0, 0.1) is 6.07 Å². The Morgan fingerprint density at radius 1 is 1.64 bits per heavy atom. The maximum absolute atomic E-state index is 9.05. The molecule has 0 bridgehead atoms. The average molecular weight is 191 g/mol. The fourth-order valence-electron chi connectivity index (χ4n) is 1.05. The second kappa shape index (κ2) is 4.82. The number of phenolic OH excluding ortho intramolecular Hbond substituents is 1. The predicted molar refractivity (Wildman–Crippen MR) is 56.1 cm³/mol. The molecule has 0 amide bonds. The van der Waals surface area contributed by atoms with Crippen molar-refractivity contribution in [1.29, 1.82) is 0 Å². The van der Waals surface area contributed by atoms with Gasteiger partial charge in [0.05, 0.1) is 12.7 Å². The highest BCUT2D eigenvalue weighted by Crippen LogP contribution is 2.19. The van der Waals surface area contributed by atoms with Crippen LogP contribution in [-0.2, 0) is 4.74 Å². The third-order valence-electron chi connectivity index (χ3n) is 1.87. The van der Waals surface area contributed by atoms with E-state index in [0.29, 0.717) is 6.61 Å². The Morgan fingerprint density at radius 3 is 2.86 bits per heavy atom. The van der Waals surface area contributed by atoms with E-state index < -0.39 is 0 Å². The SMILES string of the molecule is C=C(C)COC(C)c1c[c]c(O)cc1. The lowest BCUT2D eigenvalue weighted by atomic mass is 10.1. The third kappa shape index (κ3) is 3.23. The minimum absolute atomic E-state index is 0.00329. The molecule has 2 heteroatoms. The van der Waals surface area contributed by atoms with Gasteiger partial charge in [0.1, 0.15) is 5.75 Å². The lowest BCUT2D eigenvalue weighted by molar-refractivity contribution is 0.0838. The highest BCUT2D eigenvalue weighted by molar-refractivity contribution is 5.25. The summed E-state index contributed by atoms with van der Waals surface area (Å²) in [7, 11) is 0. The molecule has 1 atom stereocenters. The quantitative estimate of drug-likeness (QED) is 0.741. The molecule has 0 saturated carbocycles. The molecule has 1 aromatic carbocycles. The van der Waals surface area contributed by atoms with Gasteiger partial charge in [-0.25, -0.2) is 0 Å². The maximum Gasteiger partial charge on any atom is 0.123 e. The van der Waals surface area contributed by atoms with Crippen molar-refractivity contribution in [1.82, 2.24) is 0 Å². The molecule has 1 unspecified atom stereocenters. The largest absolute Gasteiger partial charge is 0.507 e. The molecular formula is C12H15O2. The van der Waals surface area contributed by atoms with Gasteiger partial charge in [0.25, 0.3) is 0 Å². The third-order valence-corrected chi connectivity index (χ3v) is 1.87. The Labute approximate surface area is 84.8 Å². The fraction of sp³-hybridized carbons (Fsp3) is 0.333. The molecular weight excluding hydrogens is 176 g/mol. The van der Waals surface area contributed by atoms with Gasteiger partial charge in [-0.15, -0.1) is 0 Å². The molecule has 75 valence electrons. The molecule has 1 rings (SSSR count). The van der Waals surface area contributed by atoms with E-state index >= 15 is 0 Å². The number of phenols is 1. The van der Waals surface area contributed by atoms with E-state index in [2.05, 4.69) is 12.6 Å². The lowest BCUT2D eigenvalue weighted by Crippen LogP contribution is -2.01. The van der Waals surface area contributed by atoms with E-state index in [4.69, 9.17) is 9.84 Å². The second-order valence-electron chi connectivity index (χ2n) is 3.42. The maximum atomic E-state index is 9.05. The van der Waals surface area contributed by atoms with E-state index in [0.717, 1.165) is 11.1 Å². The van der Waals surface area contributed by atoms with Gasteiger partial charge in [0.2, 0.25) is 0 Å². The summed E-state index contributed by atoms with van der Waals surface area (Å²) < 4.78 is 5.53. The van der Waals surface area contributed by atoms with Crippen LogP contribution < -0.4 is 0 Å². The Hall–Kier alpha value is -1.28. The Bertz CT molecular complexity index is 301. The minimum atomic E-state index is 0.00329. The van der Waals surface area contributed by atoms with Gasteiger partial charge >= 0.3 is 0 Å². The number of hydrogen-bond acceptors (Lipinski definition) is 2. The van der Waals surface area contributed by atoms with Crippen molar-refractivity contribution < 1.29 is 9.84 Å². The van der Waals surface area contributed by atoms with Gasteiger partial charge in [-0.3, -0.25) is 0 Å². The summed E-state index contributed by atoms with van der Waals surface area (Å²) in [5.41, 5.74) is 2.00. The number of aromatic hydroxyl groups is 1. The fourth-order valence-corrected chi connectivity index (χ4v) is 1.05. The van der Waals surface area contributed by atoms with E-state index in [1.54, 1.807) is 12.1 Å². The van der Waals surface area contributed by atoms with E-state index in [1.165, 1.54) is 0 Å². The number of benzene rings is 1. The topological polar surface area (TPSA) is 29.5 Å². The monoisotopic (exact) mass is 191 g/mol. The van der Waals surface area contributed by atoms with Crippen molar-refractivity contribution in [3.8, 4) is 5.75 Å². The first-order valence-electron chi connectivity index (χ1n) is 4.56. The van der Waals surface area contributed by atoms with Crippen LogP contribution in [0.25, 0.3) is 0 Å². The van der Waals surface area contributed by atoms with Crippen molar-refractivity contribution in [3.05, 3.63) is 42.0 Å². The van der Waals surface area contributed by atoms with Crippen molar-refractivity contribution in [2.75, 3.05) is 6.61 Å². The summed E-state index contributed by atoms with van der Waals surface area (Å²) in [6.07, 6.45) is 0.00329. The van der Waals surface area contributed by atoms with Crippen LogP contribution in [0.1, 0.15) is 25.5 Å². The molecule has 0 aliphatic carbocycles. The number of ether oxygens (including phenoxy) is 1. The van der Waals surface area contributed by atoms with Crippen molar-refractivity contribution in [3.63, 3.8) is 0 Å². The van der Waals surface area contributed by atoms with Gasteiger partial charge < -0.3 is 9.84 Å². The molecule has 14 heavy (non-hydrogen) atoms. The molecule has 0 saturated heterocycles. The summed E-state index contributed by atoms with van der Waals surface area (Å²) in [6.45, 7) is 8.21. The highest BCUT2D eigenvalue weighted by Gasteiger charge is 2.05. The first-order chi connectivity index (χ1) is 6.59. The van der Waals surface area contributed by atoms with Crippen molar-refractivity contribution in [2.24, 2.45) is 0 Å². The van der Waals surface area contributed by atoms with Crippen molar-refractivity contribution >= 4 is 0 Å². The van der Waals surface area contributed by atoms with Crippen molar-refractivity contribution in [2.45, 2.75) is 20.0 Å². The van der Waals surface area contributed by atoms with Gasteiger partial charge in [-0.05, 0) is 31.5 Å². The van der Waals surface area contributed by atoms with Crippen LogP contribution in [0.15, 0.2) is 30.4 Å². The summed E-state index contributed by atoms with van der Waals surface area (Å²) in [4.78, 5) is 0. The molecule has 1 radical (unpaired) electrons. The Morgan fingerprint density at radius 2 is 2.36 bits per heavy atom. The Kier molecular flexibility index (Phi) is 3.72. The van der Waals surface area contributed by atoms with Crippen LogP contribution >= 0.6 is 0 Å². The molecule has 1 aromatic rings. The number of hydrogen-bond donors (Lipinski definition) is 1. The number of rotatable bonds is 4. The molecule has 0 aromatic heterocycles. The highest BCUT2D eigenvalue weighted by atomic mass is 16.5. The summed E-state index contributed by atoms with van der Waals surface area (Å²) in [5, 5.41) is 9.05. The standard InChI is InChI=1S/C12H15O2/c1-9(2)8-14-10(3)11-4-6-12(13)7-5-11/h4-6,10,13H,1,8H2,2-3H3. The molecule has 0 fully saturated rings. The van der Waals surface area contributed by atoms with E-state index in [9.17, 15) is 0 Å². The Balaban J connectivity index is 2.56. The first kappa shape index (κ1) is 10.8. The molecule has 1 N–H and O–H groups in total. The van der Waals surface area contributed by atoms with E-state index in [-0.39, 0.29) is 11.9 Å². The van der Waals surface area contributed by atoms with E-state index in [1.807, 2.05) is 19.9 Å². The smallest absolute Gasteiger partial charge is 0.123 e. The normalized spacial score (nSPS) is 12.4. The summed E-state index contributed by atoms with van der Waals surface area (Å²) in [5.74, 6) is 0.154. The summed E-state index contributed by atoms with van der Waals surface area (Å²) in [6, 6.07) is 7.89. The zero-order chi connectivity index (χ0) is 10.6. The summed E-state index contributed by atoms with van der Waals surface area (Å²) >= 11 is 0. The van der Waals surface area contributed by atoms with Crippen LogP contribution in [-0.4, -0.2) is 11.7 Å². The van der Waals surface area contributed by atoms with Crippen LogP contribution in [0.3, 0.4) is 0 Å². The van der Waals surface area contributed by atoms with Gasteiger partial charge in [-0.2, -0.15) is 0 Å². The molecule has 0 aliphatic rings. The van der Waals surface area contributed by atoms with Gasteiger partial charge in [0, 0.05) is 6.07 Å². The molecule has 0 spiro atoms. The van der Waals surface area contributed by atoms with Crippen LogP contribution in [0.2, 0.25) is 0 Å². The lowest BCUT2D eigenvalue weighted by Gasteiger charge is -2.13. The first-order valence-corrected chi connectivity index (χ1v) is 4.56. The molecule has 0 aliphatic heterocycles.